The number of carbonyl (C=O) groups excluding carboxylic acids is 2. The number of esters is 1. The van der Waals surface area contributed by atoms with Crippen LogP contribution in [0.3, 0.4) is 0 Å². The molecule has 4 heteroatoms. The summed E-state index contributed by atoms with van der Waals surface area (Å²) in [7, 11) is 0. The minimum absolute atomic E-state index is 0.469. The highest BCUT2D eigenvalue weighted by molar-refractivity contribution is 5.79. The molecule has 1 aromatic carbocycles. The molecular weight excluding hydrogens is 182 g/mol. The normalized spacial score (nSPS) is 11.5. The van der Waals surface area contributed by atoms with E-state index in [9.17, 15) is 9.59 Å². The molecule has 0 aromatic heterocycles. The van der Waals surface area contributed by atoms with Crippen LogP contribution in [0.4, 0.5) is 0 Å². The van der Waals surface area contributed by atoms with Crippen molar-refractivity contribution in [2.45, 2.75) is 13.0 Å². The Kier molecular flexibility index (Phi) is 3.67. The third kappa shape index (κ3) is 2.90. The average molecular weight is 193 g/mol. The molecule has 74 valence electrons. The van der Waals surface area contributed by atoms with Crippen molar-refractivity contribution in [3.05, 3.63) is 30.3 Å². The summed E-state index contributed by atoms with van der Waals surface area (Å²) < 4.78 is 4.97. The van der Waals surface area contributed by atoms with Gasteiger partial charge in [-0.3, -0.25) is 4.79 Å². The van der Waals surface area contributed by atoms with E-state index in [1.807, 2.05) is 6.07 Å². The maximum absolute atomic E-state index is 11.3. The Morgan fingerprint density at radius 2 is 2.07 bits per heavy atom. The van der Waals surface area contributed by atoms with Gasteiger partial charge in [0.25, 0.3) is 0 Å². The Morgan fingerprint density at radius 3 is 2.64 bits per heavy atom. The van der Waals surface area contributed by atoms with Gasteiger partial charge in [-0.1, -0.05) is 18.2 Å². The number of hydrogen-bond donors (Lipinski definition) is 1. The van der Waals surface area contributed by atoms with E-state index in [-0.39, 0.29) is 0 Å². The van der Waals surface area contributed by atoms with Gasteiger partial charge in [-0.2, -0.15) is 0 Å². The molecule has 0 saturated heterocycles. The summed E-state index contributed by atoms with van der Waals surface area (Å²) >= 11 is 0. The number of hydrogen-bond acceptors (Lipinski definition) is 3. The van der Waals surface area contributed by atoms with Crippen molar-refractivity contribution >= 4 is 12.4 Å². The first-order valence-electron chi connectivity index (χ1n) is 4.20. The summed E-state index contributed by atoms with van der Waals surface area (Å²) in [6, 6.07) is 8.07. The summed E-state index contributed by atoms with van der Waals surface area (Å²) in [6.07, 6.45) is 0.469. The summed E-state index contributed by atoms with van der Waals surface area (Å²) in [6.45, 7) is 1.56. The van der Waals surface area contributed by atoms with E-state index in [1.54, 1.807) is 31.2 Å². The van der Waals surface area contributed by atoms with Crippen LogP contribution >= 0.6 is 0 Å². The van der Waals surface area contributed by atoms with Crippen LogP contribution in [0.5, 0.6) is 5.75 Å². The first-order chi connectivity index (χ1) is 6.74. The van der Waals surface area contributed by atoms with Crippen LogP contribution in [0, 0.1) is 0 Å². The summed E-state index contributed by atoms with van der Waals surface area (Å²) in [4.78, 5) is 21.3. The number of benzene rings is 1. The van der Waals surface area contributed by atoms with Gasteiger partial charge in [0.1, 0.15) is 11.8 Å². The lowest BCUT2D eigenvalue weighted by Gasteiger charge is -2.09. The quantitative estimate of drug-likeness (QED) is 0.435. The van der Waals surface area contributed by atoms with Crippen molar-refractivity contribution in [3.63, 3.8) is 0 Å². The van der Waals surface area contributed by atoms with Gasteiger partial charge in [0.2, 0.25) is 6.41 Å². The molecule has 1 aromatic rings. The Morgan fingerprint density at radius 1 is 1.43 bits per heavy atom. The molecule has 0 aliphatic rings. The van der Waals surface area contributed by atoms with E-state index in [2.05, 4.69) is 5.32 Å². The SMILES string of the molecule is CC(NC=O)C(=O)Oc1ccccc1. The molecule has 0 heterocycles. The second kappa shape index (κ2) is 5.01. The monoisotopic (exact) mass is 193 g/mol. The van der Waals surface area contributed by atoms with Crippen LogP contribution in [0.25, 0.3) is 0 Å². The van der Waals surface area contributed by atoms with E-state index >= 15 is 0 Å². The molecule has 14 heavy (non-hydrogen) atoms. The van der Waals surface area contributed by atoms with Crippen LogP contribution in [0.1, 0.15) is 6.92 Å². The van der Waals surface area contributed by atoms with Crippen molar-refractivity contribution < 1.29 is 14.3 Å². The maximum Gasteiger partial charge on any atom is 0.333 e. The van der Waals surface area contributed by atoms with Crippen molar-refractivity contribution in [1.29, 1.82) is 0 Å². The molecule has 0 aliphatic carbocycles. The second-order valence-electron chi connectivity index (χ2n) is 2.74. The highest BCUT2D eigenvalue weighted by Crippen LogP contribution is 2.08. The molecule has 0 saturated carbocycles. The van der Waals surface area contributed by atoms with Gasteiger partial charge in [0, 0.05) is 0 Å². The Hall–Kier alpha value is -1.84. The molecule has 0 fully saturated rings. The third-order valence-electron chi connectivity index (χ3n) is 1.63. The predicted molar refractivity (Wildman–Crippen MR) is 50.7 cm³/mol. The van der Waals surface area contributed by atoms with Gasteiger partial charge in [-0.25, -0.2) is 4.79 Å². The van der Waals surface area contributed by atoms with Crippen LogP contribution in [-0.4, -0.2) is 18.4 Å². The summed E-state index contributed by atoms with van der Waals surface area (Å²) in [5, 5.41) is 2.31. The number of nitrogens with one attached hydrogen (secondary N) is 1. The molecule has 0 aliphatic heterocycles. The summed E-state index contributed by atoms with van der Waals surface area (Å²) in [5.41, 5.74) is 0. The van der Waals surface area contributed by atoms with Crippen molar-refractivity contribution in [2.24, 2.45) is 0 Å². The fourth-order valence-corrected chi connectivity index (χ4v) is 0.863. The van der Waals surface area contributed by atoms with Crippen molar-refractivity contribution in [2.75, 3.05) is 0 Å². The molecular formula is C10H11NO3. The predicted octanol–water partition coefficient (Wildman–Crippen LogP) is 0.726. The van der Waals surface area contributed by atoms with Crippen LogP contribution in [0.15, 0.2) is 30.3 Å². The number of ether oxygens (including phenoxy) is 1. The second-order valence-corrected chi connectivity index (χ2v) is 2.74. The lowest BCUT2D eigenvalue weighted by atomic mass is 10.3. The first kappa shape index (κ1) is 10.2. The molecule has 0 bridgehead atoms. The molecule has 1 unspecified atom stereocenters. The van der Waals surface area contributed by atoms with Crippen molar-refractivity contribution in [1.82, 2.24) is 5.32 Å². The lowest BCUT2D eigenvalue weighted by Crippen LogP contribution is -2.35. The molecule has 1 N–H and O–H groups in total. The zero-order chi connectivity index (χ0) is 10.4. The van der Waals surface area contributed by atoms with Gasteiger partial charge in [0.05, 0.1) is 0 Å². The van der Waals surface area contributed by atoms with E-state index in [0.717, 1.165) is 0 Å². The molecule has 1 atom stereocenters. The Balaban J connectivity index is 2.53. The Bertz CT molecular complexity index is 310. The topological polar surface area (TPSA) is 55.4 Å². The van der Waals surface area contributed by atoms with E-state index in [4.69, 9.17) is 4.74 Å². The van der Waals surface area contributed by atoms with Crippen molar-refractivity contribution in [3.8, 4) is 5.75 Å². The number of carbonyl (C=O) groups is 2. The lowest BCUT2D eigenvalue weighted by molar-refractivity contribution is -0.137. The highest BCUT2D eigenvalue weighted by atomic mass is 16.5. The van der Waals surface area contributed by atoms with E-state index in [0.29, 0.717) is 12.2 Å². The van der Waals surface area contributed by atoms with Gasteiger partial charge in [0.15, 0.2) is 0 Å². The van der Waals surface area contributed by atoms with Gasteiger partial charge < -0.3 is 10.1 Å². The molecule has 0 spiro atoms. The van der Waals surface area contributed by atoms with E-state index in [1.165, 1.54) is 0 Å². The highest BCUT2D eigenvalue weighted by Gasteiger charge is 2.13. The molecule has 1 amide bonds. The van der Waals surface area contributed by atoms with Crippen LogP contribution < -0.4 is 10.1 Å². The van der Waals surface area contributed by atoms with E-state index < -0.39 is 12.0 Å². The number of para-hydroxylation sites is 1. The fourth-order valence-electron chi connectivity index (χ4n) is 0.863. The zero-order valence-electron chi connectivity index (χ0n) is 7.77. The minimum atomic E-state index is -0.632. The zero-order valence-corrected chi connectivity index (χ0v) is 7.77. The van der Waals surface area contributed by atoms with Crippen LogP contribution in [-0.2, 0) is 9.59 Å². The first-order valence-corrected chi connectivity index (χ1v) is 4.20. The van der Waals surface area contributed by atoms with Gasteiger partial charge in [-0.15, -0.1) is 0 Å². The molecule has 4 nitrogen and oxygen atoms in total. The van der Waals surface area contributed by atoms with Gasteiger partial charge >= 0.3 is 5.97 Å². The van der Waals surface area contributed by atoms with Crippen LogP contribution in [0.2, 0.25) is 0 Å². The minimum Gasteiger partial charge on any atom is -0.425 e. The smallest absolute Gasteiger partial charge is 0.333 e. The fraction of sp³-hybridized carbons (Fsp3) is 0.200. The summed E-state index contributed by atoms with van der Waals surface area (Å²) in [5.74, 6) is -0.0136. The molecule has 0 radical (unpaired) electrons. The number of amides is 1. The third-order valence-corrected chi connectivity index (χ3v) is 1.63. The average Bonchev–Trinajstić information content (AvgIpc) is 2.19. The number of rotatable bonds is 4. The standard InChI is InChI=1S/C10H11NO3/c1-8(11-7-12)10(13)14-9-5-3-2-4-6-9/h2-8H,1H3,(H,11,12). The molecule has 1 rings (SSSR count). The van der Waals surface area contributed by atoms with Gasteiger partial charge in [-0.05, 0) is 19.1 Å². The Labute approximate surface area is 81.9 Å². The largest absolute Gasteiger partial charge is 0.425 e. The maximum atomic E-state index is 11.3.